The van der Waals surface area contributed by atoms with Crippen molar-refractivity contribution in [3.63, 3.8) is 0 Å². The molecule has 1 heterocycles. The number of para-hydroxylation sites is 1. The van der Waals surface area contributed by atoms with E-state index in [0.29, 0.717) is 31.2 Å². The van der Waals surface area contributed by atoms with Gasteiger partial charge in [0.25, 0.3) is 0 Å². The predicted octanol–water partition coefficient (Wildman–Crippen LogP) is 4.32. The normalized spacial score (nSPS) is 20.6. The molecule has 0 spiro atoms. The summed E-state index contributed by atoms with van der Waals surface area (Å²) in [4.78, 5) is 48.7. The van der Waals surface area contributed by atoms with Crippen molar-refractivity contribution >= 4 is 29.5 Å². The highest BCUT2D eigenvalue weighted by molar-refractivity contribution is 6.27. The van der Waals surface area contributed by atoms with E-state index >= 15 is 0 Å². The zero-order valence-electron chi connectivity index (χ0n) is 22.6. The van der Waals surface area contributed by atoms with E-state index in [1.165, 1.54) is 38.4 Å². The van der Waals surface area contributed by atoms with Gasteiger partial charge in [0.1, 0.15) is 5.54 Å². The van der Waals surface area contributed by atoms with Crippen LogP contribution in [0.2, 0.25) is 0 Å². The number of amides is 1. The van der Waals surface area contributed by atoms with E-state index in [1.807, 2.05) is 37.3 Å². The minimum atomic E-state index is -1.82. The van der Waals surface area contributed by atoms with Crippen molar-refractivity contribution in [1.29, 1.82) is 0 Å². The van der Waals surface area contributed by atoms with Crippen LogP contribution in [-0.4, -0.2) is 70.7 Å². The summed E-state index contributed by atoms with van der Waals surface area (Å²) in [6.45, 7) is 3.45. The summed E-state index contributed by atoms with van der Waals surface area (Å²) in [6, 6.07) is 21.0. The molecule has 2 aromatic rings. The summed E-state index contributed by atoms with van der Waals surface area (Å²) < 4.78 is 5.28. The topological polar surface area (TPSA) is 124 Å². The largest absolute Gasteiger partial charge is 0.473 e. The Kier molecular flexibility index (Phi) is 10.6. The van der Waals surface area contributed by atoms with Crippen molar-refractivity contribution in [2.24, 2.45) is 0 Å². The molecule has 0 unspecified atom stereocenters. The molecule has 1 aliphatic carbocycles. The van der Waals surface area contributed by atoms with Crippen LogP contribution in [0.15, 0.2) is 60.7 Å². The van der Waals surface area contributed by atoms with Crippen LogP contribution in [0.4, 0.5) is 5.69 Å². The first kappa shape index (κ1) is 29.8. The molecule has 1 saturated heterocycles. The summed E-state index contributed by atoms with van der Waals surface area (Å²) >= 11 is 0. The number of likely N-dealkylation sites (tertiary alicyclic amines) is 1. The number of rotatable bonds is 6. The number of piperidine rings is 1. The third kappa shape index (κ3) is 7.23. The molecule has 39 heavy (non-hydrogen) atoms. The Balaban J connectivity index is 0.000000631. The predicted molar refractivity (Wildman–Crippen MR) is 146 cm³/mol. The first-order chi connectivity index (χ1) is 18.7. The van der Waals surface area contributed by atoms with E-state index < -0.39 is 17.5 Å². The summed E-state index contributed by atoms with van der Waals surface area (Å²) in [7, 11) is 1.43. The molecule has 0 atom stereocenters. The maximum Gasteiger partial charge on any atom is 0.414 e. The van der Waals surface area contributed by atoms with Gasteiger partial charge in [-0.25, -0.2) is 14.4 Å². The number of carbonyl (C=O) groups excluding carboxylic acids is 2. The number of esters is 1. The molecule has 2 aliphatic rings. The van der Waals surface area contributed by atoms with E-state index in [0.717, 1.165) is 18.8 Å². The van der Waals surface area contributed by atoms with Crippen LogP contribution in [0.3, 0.4) is 0 Å². The van der Waals surface area contributed by atoms with E-state index in [2.05, 4.69) is 35.2 Å². The second-order valence-corrected chi connectivity index (χ2v) is 10.0. The van der Waals surface area contributed by atoms with Gasteiger partial charge in [-0.3, -0.25) is 9.69 Å². The van der Waals surface area contributed by atoms with Gasteiger partial charge in [0, 0.05) is 31.2 Å². The molecule has 9 heteroatoms. The summed E-state index contributed by atoms with van der Waals surface area (Å²) in [5.41, 5.74) is 1.28. The van der Waals surface area contributed by atoms with Gasteiger partial charge in [-0.15, -0.1) is 0 Å². The average molecular weight is 539 g/mol. The Labute approximate surface area is 229 Å². The van der Waals surface area contributed by atoms with Crippen molar-refractivity contribution in [1.82, 2.24) is 4.90 Å². The van der Waals surface area contributed by atoms with Crippen LogP contribution < -0.4 is 4.90 Å². The Hall–Kier alpha value is -3.72. The number of nitrogens with zero attached hydrogens (tertiary/aromatic N) is 2. The van der Waals surface area contributed by atoms with Gasteiger partial charge in [-0.2, -0.15) is 0 Å². The van der Waals surface area contributed by atoms with Crippen molar-refractivity contribution in [3.05, 3.63) is 66.2 Å². The molecule has 9 nitrogen and oxygen atoms in total. The molecule has 2 aromatic carbocycles. The Morgan fingerprint density at radius 3 is 1.85 bits per heavy atom. The number of methoxy groups -OCH3 is 1. The maximum atomic E-state index is 13.2. The van der Waals surface area contributed by atoms with Crippen LogP contribution in [0.5, 0.6) is 0 Å². The van der Waals surface area contributed by atoms with Crippen LogP contribution in [0, 0.1) is 0 Å². The van der Waals surface area contributed by atoms with Crippen molar-refractivity contribution in [2.75, 3.05) is 25.1 Å². The highest BCUT2D eigenvalue weighted by atomic mass is 16.5. The lowest BCUT2D eigenvalue weighted by Gasteiger charge is -2.49. The molecular formula is C30H38N2O7. The number of carboxylic acids is 2. The number of ether oxygens (including phenoxy) is 1. The second kappa shape index (κ2) is 13.9. The number of hydrogen-bond acceptors (Lipinski definition) is 6. The summed E-state index contributed by atoms with van der Waals surface area (Å²) in [5.74, 6) is -3.34. The van der Waals surface area contributed by atoms with E-state index in [9.17, 15) is 9.59 Å². The van der Waals surface area contributed by atoms with Gasteiger partial charge in [0.05, 0.1) is 7.11 Å². The lowest BCUT2D eigenvalue weighted by molar-refractivity contribution is -0.159. The highest BCUT2D eigenvalue weighted by Gasteiger charge is 2.50. The van der Waals surface area contributed by atoms with Gasteiger partial charge in [-0.1, -0.05) is 55.5 Å². The zero-order valence-corrected chi connectivity index (χ0v) is 22.6. The molecule has 210 valence electrons. The molecule has 0 radical (unpaired) electrons. The minimum absolute atomic E-state index is 0.0385. The first-order valence-corrected chi connectivity index (χ1v) is 13.4. The van der Waals surface area contributed by atoms with E-state index in [-0.39, 0.29) is 11.9 Å². The smallest absolute Gasteiger partial charge is 0.414 e. The number of benzene rings is 2. The fourth-order valence-corrected chi connectivity index (χ4v) is 5.83. The van der Waals surface area contributed by atoms with Crippen molar-refractivity contribution < 1.29 is 34.1 Å². The van der Waals surface area contributed by atoms with Gasteiger partial charge in [-0.05, 0) is 62.1 Å². The second-order valence-electron chi connectivity index (χ2n) is 10.0. The standard InChI is InChI=1S/C28H36N2O3.C2H2O4/c1-3-26(31)30(25-12-8-5-9-13-25)28(27(32)33-2)18-20-29(21-19-28)24-16-14-23(15-17-24)22-10-6-4-7-11-22;3-1(4)2(5)6/h4-13,23-24H,3,14-21H2,1-2H3;(H,3,4)(H,5,6). The molecule has 2 fully saturated rings. The van der Waals surface area contributed by atoms with E-state index in [4.69, 9.17) is 24.5 Å². The average Bonchev–Trinajstić information content (AvgIpc) is 2.98. The monoisotopic (exact) mass is 538 g/mol. The van der Waals surface area contributed by atoms with Crippen LogP contribution >= 0.6 is 0 Å². The van der Waals surface area contributed by atoms with Gasteiger partial charge in [0.2, 0.25) is 5.91 Å². The Morgan fingerprint density at radius 1 is 0.872 bits per heavy atom. The summed E-state index contributed by atoms with van der Waals surface area (Å²) in [5, 5.41) is 14.8. The molecular weight excluding hydrogens is 500 g/mol. The molecule has 0 aromatic heterocycles. The third-order valence-electron chi connectivity index (χ3n) is 7.85. The SMILES string of the molecule is CCC(=O)N(c1ccccc1)C1(C(=O)OC)CCN(C2CCC(c3ccccc3)CC2)CC1.O=C(O)C(=O)O. The maximum absolute atomic E-state index is 13.2. The lowest BCUT2D eigenvalue weighted by atomic mass is 9.79. The fraction of sp³-hybridized carbons (Fsp3) is 0.467. The molecule has 4 rings (SSSR count). The van der Waals surface area contributed by atoms with Crippen molar-refractivity contribution in [3.8, 4) is 0 Å². The third-order valence-corrected chi connectivity index (χ3v) is 7.85. The van der Waals surface area contributed by atoms with Gasteiger partial charge >= 0.3 is 17.9 Å². The molecule has 2 N–H and O–H groups in total. The van der Waals surface area contributed by atoms with Crippen molar-refractivity contribution in [2.45, 2.75) is 69.4 Å². The molecule has 1 aliphatic heterocycles. The van der Waals surface area contributed by atoms with Gasteiger partial charge < -0.3 is 19.8 Å². The number of hydrogen-bond donors (Lipinski definition) is 2. The fourth-order valence-electron chi connectivity index (χ4n) is 5.83. The van der Waals surface area contributed by atoms with Crippen LogP contribution in [0.1, 0.15) is 63.4 Å². The van der Waals surface area contributed by atoms with Gasteiger partial charge in [0.15, 0.2) is 0 Å². The Morgan fingerprint density at radius 2 is 1.38 bits per heavy atom. The molecule has 0 bridgehead atoms. The van der Waals surface area contributed by atoms with Crippen LogP contribution in [-0.2, 0) is 23.9 Å². The van der Waals surface area contributed by atoms with E-state index in [1.54, 1.807) is 4.90 Å². The number of carboxylic acid groups (broad SMARTS) is 2. The summed E-state index contributed by atoms with van der Waals surface area (Å²) in [6.07, 6.45) is 6.32. The number of aliphatic carboxylic acids is 2. The minimum Gasteiger partial charge on any atom is -0.473 e. The lowest BCUT2D eigenvalue weighted by Crippen LogP contribution is -2.63. The first-order valence-electron chi connectivity index (χ1n) is 13.4. The highest BCUT2D eigenvalue weighted by Crippen LogP contribution is 2.39. The quantitative estimate of drug-likeness (QED) is 0.412. The van der Waals surface area contributed by atoms with Crippen LogP contribution in [0.25, 0.3) is 0 Å². The molecule has 1 amide bonds. The molecule has 1 saturated carbocycles. The zero-order chi connectivity index (χ0) is 28.4. The Bertz CT molecular complexity index is 1090. The number of anilines is 1. The number of carbonyl (C=O) groups is 4.